The molecule has 100 valence electrons. The number of hydrogen-bond donors (Lipinski definition) is 1. The summed E-state index contributed by atoms with van der Waals surface area (Å²) in [5.74, 6) is 1.26. The number of methoxy groups -OCH3 is 1. The van der Waals surface area contributed by atoms with Crippen LogP contribution in [0.4, 0.5) is 5.82 Å². The number of nitrogens with two attached hydrogens (primary N) is 1. The van der Waals surface area contributed by atoms with Crippen LogP contribution < -0.4 is 5.73 Å². The molecule has 0 saturated carbocycles. The summed E-state index contributed by atoms with van der Waals surface area (Å²) < 4.78 is 6.01. The largest absolute Gasteiger partial charge is 0.383 e. The van der Waals surface area contributed by atoms with E-state index in [1.807, 2.05) is 12.1 Å². The molecule has 0 aliphatic carbocycles. The van der Waals surface area contributed by atoms with E-state index in [-0.39, 0.29) is 0 Å². The number of rotatable bonds is 4. The van der Waals surface area contributed by atoms with Gasteiger partial charge in [0.05, 0.1) is 15.9 Å². The number of halogens is 1. The maximum atomic E-state index is 5.93. The molecule has 2 N–H and O–H groups in total. The summed E-state index contributed by atoms with van der Waals surface area (Å²) in [7, 11) is 1.65. The van der Waals surface area contributed by atoms with Crippen LogP contribution in [0.3, 0.4) is 0 Å². The van der Waals surface area contributed by atoms with Crippen molar-refractivity contribution in [3.8, 4) is 0 Å². The highest BCUT2D eigenvalue weighted by molar-refractivity contribution is 14.1. The Bertz CT molecular complexity index is 587. The van der Waals surface area contributed by atoms with E-state index in [1.54, 1.807) is 7.11 Å². The molecule has 1 aromatic carbocycles. The Labute approximate surface area is 126 Å². The Morgan fingerprint density at radius 3 is 2.68 bits per heavy atom. The van der Waals surface area contributed by atoms with Gasteiger partial charge in [-0.3, -0.25) is 0 Å². The zero-order valence-corrected chi connectivity index (χ0v) is 13.1. The van der Waals surface area contributed by atoms with Gasteiger partial charge < -0.3 is 10.5 Å². The molecule has 1 aromatic heterocycles. The minimum absolute atomic E-state index is 0.450. The van der Waals surface area contributed by atoms with Gasteiger partial charge in [0.1, 0.15) is 11.6 Å². The third-order valence-corrected chi connectivity index (χ3v) is 4.06. The molecule has 0 amide bonds. The predicted molar refractivity (Wildman–Crippen MR) is 83.9 cm³/mol. The number of nitrogens with zero attached hydrogens (tertiary/aromatic N) is 2. The van der Waals surface area contributed by atoms with Gasteiger partial charge in [0.2, 0.25) is 0 Å². The Hall–Kier alpha value is -1.21. The highest BCUT2D eigenvalue weighted by Gasteiger charge is 2.11. The molecular formula is C14H16IN3O. The van der Waals surface area contributed by atoms with Crippen LogP contribution in [0.25, 0.3) is 0 Å². The molecule has 0 saturated heterocycles. The van der Waals surface area contributed by atoms with Crippen molar-refractivity contribution in [2.24, 2.45) is 0 Å². The van der Waals surface area contributed by atoms with Crippen LogP contribution in [0.1, 0.15) is 22.6 Å². The molecule has 0 unspecified atom stereocenters. The summed E-state index contributed by atoms with van der Waals surface area (Å²) in [4.78, 5) is 8.89. The van der Waals surface area contributed by atoms with E-state index in [0.717, 1.165) is 15.1 Å². The fourth-order valence-electron chi connectivity index (χ4n) is 1.86. The first-order chi connectivity index (χ1) is 9.11. The lowest BCUT2D eigenvalue weighted by atomic mass is 10.1. The minimum atomic E-state index is 0.450. The van der Waals surface area contributed by atoms with Crippen LogP contribution in [0, 0.1) is 10.5 Å². The summed E-state index contributed by atoms with van der Waals surface area (Å²) in [6, 6.07) is 8.22. The van der Waals surface area contributed by atoms with Crippen LogP contribution in [0.5, 0.6) is 0 Å². The molecule has 0 aliphatic rings. The fraction of sp³-hybridized carbons (Fsp3) is 0.286. The Balaban J connectivity index is 2.33. The Kier molecular flexibility index (Phi) is 4.71. The van der Waals surface area contributed by atoms with Gasteiger partial charge in [-0.05, 0) is 40.6 Å². The number of anilines is 1. The number of aryl methyl sites for hydroxylation is 1. The maximum absolute atomic E-state index is 5.93. The predicted octanol–water partition coefficient (Wildman–Crippen LogP) is 2.71. The van der Waals surface area contributed by atoms with Gasteiger partial charge >= 0.3 is 0 Å². The zero-order chi connectivity index (χ0) is 13.8. The summed E-state index contributed by atoms with van der Waals surface area (Å²) in [6.07, 6.45) is 0.685. The minimum Gasteiger partial charge on any atom is -0.383 e. The SMILES string of the molecule is COCc1nc(Cc2ccccc2C)nc(N)c1I. The van der Waals surface area contributed by atoms with Crippen molar-refractivity contribution < 1.29 is 4.74 Å². The van der Waals surface area contributed by atoms with Crippen molar-refractivity contribution in [2.45, 2.75) is 20.0 Å². The normalized spacial score (nSPS) is 10.7. The van der Waals surface area contributed by atoms with Crippen molar-refractivity contribution >= 4 is 28.4 Å². The number of aromatic nitrogens is 2. The summed E-state index contributed by atoms with van der Waals surface area (Å²) >= 11 is 2.15. The lowest BCUT2D eigenvalue weighted by molar-refractivity contribution is 0.180. The average molecular weight is 369 g/mol. The van der Waals surface area contributed by atoms with Gasteiger partial charge in [-0.1, -0.05) is 24.3 Å². The first kappa shape index (κ1) is 14.2. The molecular weight excluding hydrogens is 353 g/mol. The van der Waals surface area contributed by atoms with Gasteiger partial charge in [0.25, 0.3) is 0 Å². The van der Waals surface area contributed by atoms with Crippen molar-refractivity contribution in [2.75, 3.05) is 12.8 Å². The molecule has 19 heavy (non-hydrogen) atoms. The summed E-state index contributed by atoms with van der Waals surface area (Å²) in [6.45, 7) is 2.53. The highest BCUT2D eigenvalue weighted by atomic mass is 127. The van der Waals surface area contributed by atoms with Gasteiger partial charge in [-0.25, -0.2) is 9.97 Å². The molecule has 0 atom stereocenters. The van der Waals surface area contributed by atoms with Crippen molar-refractivity contribution in [3.05, 3.63) is 50.5 Å². The van der Waals surface area contributed by atoms with Crippen LogP contribution in [-0.2, 0) is 17.8 Å². The molecule has 2 rings (SSSR count). The second kappa shape index (κ2) is 6.29. The summed E-state index contributed by atoms with van der Waals surface area (Å²) in [5, 5.41) is 0. The highest BCUT2D eigenvalue weighted by Crippen LogP contribution is 2.19. The molecule has 0 radical (unpaired) electrons. The quantitative estimate of drug-likeness (QED) is 0.842. The maximum Gasteiger partial charge on any atom is 0.141 e. The van der Waals surface area contributed by atoms with Crippen LogP contribution in [0.2, 0.25) is 0 Å². The standard InChI is InChI=1S/C14H16IN3O/c1-9-5-3-4-6-10(9)7-12-17-11(8-19-2)13(15)14(16)18-12/h3-6H,7-8H2,1-2H3,(H2,16,17,18). The topological polar surface area (TPSA) is 61.0 Å². The van der Waals surface area contributed by atoms with Gasteiger partial charge in [-0.2, -0.15) is 0 Å². The smallest absolute Gasteiger partial charge is 0.141 e. The fourth-order valence-corrected chi connectivity index (χ4v) is 2.25. The van der Waals surface area contributed by atoms with Gasteiger partial charge in [0.15, 0.2) is 0 Å². The van der Waals surface area contributed by atoms with Gasteiger partial charge in [0, 0.05) is 13.5 Å². The van der Waals surface area contributed by atoms with Crippen LogP contribution >= 0.6 is 22.6 Å². The first-order valence-corrected chi connectivity index (χ1v) is 7.04. The van der Waals surface area contributed by atoms with E-state index in [2.05, 4.69) is 51.6 Å². The number of ether oxygens (including phenoxy) is 1. The molecule has 1 heterocycles. The van der Waals surface area contributed by atoms with E-state index in [4.69, 9.17) is 10.5 Å². The summed E-state index contributed by atoms with van der Waals surface area (Å²) in [5.41, 5.74) is 9.22. The molecule has 4 nitrogen and oxygen atoms in total. The molecule has 0 bridgehead atoms. The number of benzene rings is 1. The van der Waals surface area contributed by atoms with E-state index < -0.39 is 0 Å². The number of nitrogen functional groups attached to an aromatic ring is 1. The van der Waals surface area contributed by atoms with Gasteiger partial charge in [-0.15, -0.1) is 0 Å². The molecule has 5 heteroatoms. The molecule has 0 aliphatic heterocycles. The molecule has 0 fully saturated rings. The average Bonchev–Trinajstić information content (AvgIpc) is 2.38. The second-order valence-electron chi connectivity index (χ2n) is 4.32. The number of hydrogen-bond acceptors (Lipinski definition) is 4. The molecule has 0 spiro atoms. The van der Waals surface area contributed by atoms with E-state index >= 15 is 0 Å². The molecule has 2 aromatic rings. The zero-order valence-electron chi connectivity index (χ0n) is 11.0. The van der Waals surface area contributed by atoms with E-state index in [9.17, 15) is 0 Å². The lowest BCUT2D eigenvalue weighted by Crippen LogP contribution is -2.09. The third-order valence-electron chi connectivity index (χ3n) is 2.88. The van der Waals surface area contributed by atoms with Crippen molar-refractivity contribution in [3.63, 3.8) is 0 Å². The van der Waals surface area contributed by atoms with Crippen molar-refractivity contribution in [1.82, 2.24) is 9.97 Å². The lowest BCUT2D eigenvalue weighted by Gasteiger charge is -2.09. The first-order valence-electron chi connectivity index (χ1n) is 5.96. The second-order valence-corrected chi connectivity index (χ2v) is 5.40. The van der Waals surface area contributed by atoms with E-state index in [0.29, 0.717) is 18.8 Å². The third kappa shape index (κ3) is 3.42. The van der Waals surface area contributed by atoms with Crippen LogP contribution in [-0.4, -0.2) is 17.1 Å². The Morgan fingerprint density at radius 1 is 1.26 bits per heavy atom. The van der Waals surface area contributed by atoms with Crippen LogP contribution in [0.15, 0.2) is 24.3 Å². The monoisotopic (exact) mass is 369 g/mol. The van der Waals surface area contributed by atoms with Crippen molar-refractivity contribution in [1.29, 1.82) is 0 Å². The van der Waals surface area contributed by atoms with E-state index in [1.165, 1.54) is 11.1 Å². The Morgan fingerprint density at radius 2 is 2.00 bits per heavy atom.